The Kier molecular flexibility index (Phi) is 5.86. The molecule has 1 aliphatic heterocycles. The summed E-state index contributed by atoms with van der Waals surface area (Å²) in [6.45, 7) is 3.57. The van der Waals surface area contributed by atoms with Crippen molar-refractivity contribution in [3.8, 4) is 0 Å². The van der Waals surface area contributed by atoms with Gasteiger partial charge in [0.15, 0.2) is 0 Å². The average Bonchev–Trinajstić information content (AvgIpc) is 2.91. The Hall–Kier alpha value is -2.58. The number of aliphatic hydroxyl groups excluding tert-OH is 1. The lowest BCUT2D eigenvalue weighted by atomic mass is 10.0. The third-order valence-corrected chi connectivity index (χ3v) is 5.66. The molecule has 3 rings (SSSR count). The molecule has 0 aliphatic carbocycles. The first-order valence-corrected chi connectivity index (χ1v) is 9.75. The van der Waals surface area contributed by atoms with E-state index in [9.17, 15) is 22.8 Å². The highest BCUT2D eigenvalue weighted by atomic mass is 32.2. The Morgan fingerprint density at radius 3 is 2.34 bits per heavy atom. The second-order valence-electron chi connectivity index (χ2n) is 6.57. The summed E-state index contributed by atoms with van der Waals surface area (Å²) < 4.78 is 39.3. The van der Waals surface area contributed by atoms with Gasteiger partial charge in [-0.05, 0) is 48.7 Å². The van der Waals surface area contributed by atoms with Crippen molar-refractivity contribution in [3.05, 3.63) is 69.6 Å². The molecule has 0 spiro atoms. The highest BCUT2D eigenvalue weighted by molar-refractivity contribution is 8.04. The second-order valence-corrected chi connectivity index (χ2v) is 7.67. The first-order valence-electron chi connectivity index (χ1n) is 8.76. The number of carbonyl (C=O) groups excluding carboxylic acids is 2. The third-order valence-electron chi connectivity index (χ3n) is 4.61. The van der Waals surface area contributed by atoms with Crippen LogP contribution < -0.4 is 4.90 Å². The molecule has 2 aromatic rings. The minimum absolute atomic E-state index is 0.115. The van der Waals surface area contributed by atoms with E-state index in [0.29, 0.717) is 5.56 Å². The van der Waals surface area contributed by atoms with Gasteiger partial charge in [-0.25, -0.2) is 4.90 Å². The van der Waals surface area contributed by atoms with Crippen LogP contribution in [0, 0.1) is 13.8 Å². The maximum Gasteiger partial charge on any atom is 0.416 e. The summed E-state index contributed by atoms with van der Waals surface area (Å²) in [4.78, 5) is 27.0. The number of anilines is 1. The number of hydrogen-bond acceptors (Lipinski definition) is 4. The van der Waals surface area contributed by atoms with Gasteiger partial charge in [0.2, 0.25) is 0 Å². The van der Waals surface area contributed by atoms with Crippen LogP contribution in [-0.4, -0.2) is 29.3 Å². The Labute approximate surface area is 170 Å². The van der Waals surface area contributed by atoms with Crippen molar-refractivity contribution in [3.63, 3.8) is 0 Å². The SMILES string of the molecule is Cc1ccc(C2=C(SCCO)C(=O)N(c3cccc(C(F)(F)F)c3)C2=O)cc1C. The zero-order valence-corrected chi connectivity index (χ0v) is 16.5. The fourth-order valence-electron chi connectivity index (χ4n) is 3.00. The van der Waals surface area contributed by atoms with Crippen LogP contribution in [0.5, 0.6) is 0 Å². The summed E-state index contributed by atoms with van der Waals surface area (Å²) >= 11 is 1.01. The van der Waals surface area contributed by atoms with Crippen molar-refractivity contribution in [2.75, 3.05) is 17.3 Å². The van der Waals surface area contributed by atoms with Crippen LogP contribution in [0.1, 0.15) is 22.3 Å². The Morgan fingerprint density at radius 2 is 1.72 bits per heavy atom. The predicted octanol–water partition coefficient (Wildman–Crippen LogP) is 4.33. The lowest BCUT2D eigenvalue weighted by Crippen LogP contribution is -2.31. The largest absolute Gasteiger partial charge is 0.416 e. The van der Waals surface area contributed by atoms with Crippen molar-refractivity contribution in [1.82, 2.24) is 0 Å². The fraction of sp³-hybridized carbons (Fsp3) is 0.238. The molecule has 29 heavy (non-hydrogen) atoms. The molecule has 0 fully saturated rings. The Morgan fingerprint density at radius 1 is 1.00 bits per heavy atom. The summed E-state index contributed by atoms with van der Waals surface area (Å²) in [5.41, 5.74) is 1.48. The third kappa shape index (κ3) is 4.09. The Balaban J connectivity index is 2.10. The number of imide groups is 1. The van der Waals surface area contributed by atoms with Crippen molar-refractivity contribution < 1.29 is 27.9 Å². The zero-order valence-electron chi connectivity index (χ0n) is 15.7. The van der Waals surface area contributed by atoms with E-state index in [4.69, 9.17) is 5.11 Å². The van der Waals surface area contributed by atoms with Crippen LogP contribution in [0.15, 0.2) is 47.4 Å². The number of aliphatic hydroxyl groups is 1. The number of aryl methyl sites for hydroxylation is 2. The zero-order chi connectivity index (χ0) is 21.3. The van der Waals surface area contributed by atoms with Gasteiger partial charge in [0.05, 0.1) is 28.3 Å². The quantitative estimate of drug-likeness (QED) is 0.730. The normalized spacial score (nSPS) is 14.9. The molecule has 1 heterocycles. The van der Waals surface area contributed by atoms with E-state index in [1.165, 1.54) is 6.07 Å². The van der Waals surface area contributed by atoms with E-state index < -0.39 is 23.6 Å². The molecule has 0 atom stereocenters. The van der Waals surface area contributed by atoms with Crippen LogP contribution in [0.25, 0.3) is 5.57 Å². The second kappa shape index (κ2) is 8.04. The van der Waals surface area contributed by atoms with Gasteiger partial charge in [-0.1, -0.05) is 24.3 Å². The van der Waals surface area contributed by atoms with Gasteiger partial charge < -0.3 is 5.11 Å². The van der Waals surface area contributed by atoms with E-state index in [2.05, 4.69) is 0 Å². The predicted molar refractivity (Wildman–Crippen MR) is 106 cm³/mol. The number of hydrogen-bond donors (Lipinski definition) is 1. The molecule has 152 valence electrons. The van der Waals surface area contributed by atoms with Crippen molar-refractivity contribution in [2.24, 2.45) is 0 Å². The fourth-order valence-corrected chi connectivity index (χ4v) is 3.86. The first-order chi connectivity index (χ1) is 13.6. The molecule has 4 nitrogen and oxygen atoms in total. The number of nitrogens with zero attached hydrogens (tertiary/aromatic N) is 1. The van der Waals surface area contributed by atoms with Crippen LogP contribution >= 0.6 is 11.8 Å². The van der Waals surface area contributed by atoms with Crippen molar-refractivity contribution >= 4 is 34.8 Å². The lowest BCUT2D eigenvalue weighted by Gasteiger charge is -2.17. The van der Waals surface area contributed by atoms with Crippen LogP contribution in [0.3, 0.4) is 0 Å². The number of rotatable bonds is 5. The monoisotopic (exact) mass is 421 g/mol. The molecule has 0 radical (unpaired) electrons. The molecule has 0 saturated carbocycles. The van der Waals surface area contributed by atoms with Gasteiger partial charge in [0.25, 0.3) is 11.8 Å². The van der Waals surface area contributed by atoms with Gasteiger partial charge in [-0.2, -0.15) is 13.2 Å². The highest BCUT2D eigenvalue weighted by Crippen LogP contribution is 2.40. The van der Waals surface area contributed by atoms with Gasteiger partial charge in [0, 0.05) is 5.75 Å². The topological polar surface area (TPSA) is 57.6 Å². The molecule has 1 N–H and O–H groups in total. The summed E-state index contributed by atoms with van der Waals surface area (Å²) in [6.07, 6.45) is -4.60. The van der Waals surface area contributed by atoms with E-state index >= 15 is 0 Å². The maximum atomic E-state index is 13.1. The van der Waals surface area contributed by atoms with Crippen molar-refractivity contribution in [1.29, 1.82) is 0 Å². The lowest BCUT2D eigenvalue weighted by molar-refractivity contribution is -0.137. The summed E-state index contributed by atoms with van der Waals surface area (Å²) in [5.74, 6) is -1.20. The molecule has 0 aromatic heterocycles. The molecule has 0 unspecified atom stereocenters. The molecule has 2 amide bonds. The van der Waals surface area contributed by atoms with Gasteiger partial charge >= 0.3 is 6.18 Å². The smallest absolute Gasteiger partial charge is 0.396 e. The molecular weight excluding hydrogens is 403 g/mol. The molecule has 0 saturated heterocycles. The van der Waals surface area contributed by atoms with Crippen molar-refractivity contribution in [2.45, 2.75) is 20.0 Å². The number of halogens is 3. The van der Waals surface area contributed by atoms with Crippen LogP contribution in [0.2, 0.25) is 0 Å². The summed E-state index contributed by atoms with van der Waals surface area (Å²) in [6, 6.07) is 9.41. The first kappa shape index (κ1) is 21.1. The van der Waals surface area contributed by atoms with E-state index in [-0.39, 0.29) is 28.5 Å². The van der Waals surface area contributed by atoms with Gasteiger partial charge in [-0.3, -0.25) is 9.59 Å². The minimum Gasteiger partial charge on any atom is -0.396 e. The molecule has 2 aromatic carbocycles. The summed E-state index contributed by atoms with van der Waals surface area (Å²) in [7, 11) is 0. The standard InChI is InChI=1S/C21H18F3NO3S/c1-12-6-7-14(10-13(12)2)17-18(29-9-8-26)20(28)25(19(17)27)16-5-3-4-15(11-16)21(22,23)24/h3-7,10-11,26H,8-9H2,1-2H3. The number of benzene rings is 2. The number of thioether (sulfide) groups is 1. The number of carbonyl (C=O) groups is 2. The average molecular weight is 421 g/mol. The Bertz CT molecular complexity index is 1010. The molecule has 0 bridgehead atoms. The molecular formula is C21H18F3NO3S. The maximum absolute atomic E-state index is 13.1. The number of amides is 2. The molecule has 8 heteroatoms. The summed E-state index contributed by atoms with van der Waals surface area (Å²) in [5, 5.41) is 9.15. The van der Waals surface area contributed by atoms with E-state index in [1.807, 2.05) is 19.9 Å². The van der Waals surface area contributed by atoms with E-state index in [1.54, 1.807) is 12.1 Å². The number of alkyl halides is 3. The molecule has 1 aliphatic rings. The van der Waals surface area contributed by atoms with Crippen LogP contribution in [-0.2, 0) is 15.8 Å². The van der Waals surface area contributed by atoms with Gasteiger partial charge in [-0.15, -0.1) is 11.8 Å². The minimum atomic E-state index is -4.60. The van der Waals surface area contributed by atoms with Gasteiger partial charge in [0.1, 0.15) is 0 Å². The van der Waals surface area contributed by atoms with Crippen LogP contribution in [0.4, 0.5) is 18.9 Å². The highest BCUT2D eigenvalue weighted by Gasteiger charge is 2.41. The van der Waals surface area contributed by atoms with E-state index in [0.717, 1.165) is 46.0 Å².